The second-order valence-corrected chi connectivity index (χ2v) is 7.46. The van der Waals surface area contributed by atoms with Crippen molar-refractivity contribution in [2.45, 2.75) is 84.7 Å². The zero-order valence-electron chi connectivity index (χ0n) is 12.3. The molecule has 0 spiro atoms. The summed E-state index contributed by atoms with van der Waals surface area (Å²) in [6.07, 6.45) is 9.92. The van der Waals surface area contributed by atoms with Gasteiger partial charge in [-0.15, -0.1) is 0 Å². The van der Waals surface area contributed by atoms with E-state index in [0.29, 0.717) is 5.41 Å². The molecule has 0 saturated heterocycles. The third-order valence-electron chi connectivity index (χ3n) is 5.38. The smallest absolute Gasteiger partial charge is 0.0121 e. The summed E-state index contributed by atoms with van der Waals surface area (Å²) in [5.41, 5.74) is 0.513. The van der Waals surface area contributed by atoms with Gasteiger partial charge in [0.25, 0.3) is 0 Å². The van der Waals surface area contributed by atoms with Crippen LogP contribution >= 0.6 is 0 Å². The predicted octanol–water partition coefficient (Wildman–Crippen LogP) is 4.37. The van der Waals surface area contributed by atoms with Gasteiger partial charge < -0.3 is 5.32 Å². The Bertz CT molecular complexity index is 246. The second kappa shape index (κ2) is 5.30. The Balaban J connectivity index is 1.94. The highest BCUT2D eigenvalue weighted by atomic mass is 15.0. The fraction of sp³-hybridized carbons (Fsp3) is 1.00. The van der Waals surface area contributed by atoms with Gasteiger partial charge in [0, 0.05) is 12.1 Å². The first-order chi connectivity index (χ1) is 7.99. The highest BCUT2D eigenvalue weighted by Crippen LogP contribution is 2.37. The number of hydrogen-bond donors (Lipinski definition) is 1. The summed E-state index contributed by atoms with van der Waals surface area (Å²) in [7, 11) is 0. The Labute approximate surface area is 108 Å². The normalized spacial score (nSPS) is 42.4. The van der Waals surface area contributed by atoms with Crippen LogP contribution < -0.4 is 5.32 Å². The SMILES string of the molecule is CC1CCC(C)C(NC2CCCCC2(C)C)C1. The summed E-state index contributed by atoms with van der Waals surface area (Å²) in [6, 6.07) is 1.54. The van der Waals surface area contributed by atoms with Crippen LogP contribution in [0.2, 0.25) is 0 Å². The van der Waals surface area contributed by atoms with Crippen molar-refractivity contribution in [2.75, 3.05) is 0 Å². The molecule has 0 aromatic carbocycles. The van der Waals surface area contributed by atoms with Crippen molar-refractivity contribution in [3.63, 3.8) is 0 Å². The molecule has 17 heavy (non-hydrogen) atoms. The van der Waals surface area contributed by atoms with Gasteiger partial charge in [-0.3, -0.25) is 0 Å². The van der Waals surface area contributed by atoms with E-state index in [9.17, 15) is 0 Å². The molecule has 0 radical (unpaired) electrons. The molecule has 2 saturated carbocycles. The van der Waals surface area contributed by atoms with Crippen LogP contribution in [-0.4, -0.2) is 12.1 Å². The third kappa shape index (κ3) is 3.24. The molecule has 1 heteroatoms. The van der Waals surface area contributed by atoms with Crippen molar-refractivity contribution < 1.29 is 0 Å². The number of nitrogens with one attached hydrogen (secondary N) is 1. The van der Waals surface area contributed by atoms with Crippen LogP contribution in [0.1, 0.15) is 72.6 Å². The second-order valence-electron chi connectivity index (χ2n) is 7.46. The molecule has 2 fully saturated rings. The van der Waals surface area contributed by atoms with Gasteiger partial charge in [0.2, 0.25) is 0 Å². The predicted molar refractivity (Wildman–Crippen MR) is 75.1 cm³/mol. The monoisotopic (exact) mass is 237 g/mol. The van der Waals surface area contributed by atoms with Gasteiger partial charge in [0.15, 0.2) is 0 Å². The van der Waals surface area contributed by atoms with Crippen molar-refractivity contribution in [1.82, 2.24) is 5.32 Å². The largest absolute Gasteiger partial charge is 0.310 e. The zero-order chi connectivity index (χ0) is 12.5. The Hall–Kier alpha value is -0.0400. The van der Waals surface area contributed by atoms with Crippen LogP contribution in [-0.2, 0) is 0 Å². The average Bonchev–Trinajstić information content (AvgIpc) is 2.26. The van der Waals surface area contributed by atoms with E-state index in [0.717, 1.165) is 23.9 Å². The van der Waals surface area contributed by atoms with E-state index in [4.69, 9.17) is 0 Å². The summed E-state index contributed by atoms with van der Waals surface area (Å²) in [4.78, 5) is 0. The summed E-state index contributed by atoms with van der Waals surface area (Å²) in [5.74, 6) is 1.80. The average molecular weight is 237 g/mol. The first-order valence-corrected chi connectivity index (χ1v) is 7.75. The molecule has 1 N–H and O–H groups in total. The van der Waals surface area contributed by atoms with Gasteiger partial charge in [-0.2, -0.15) is 0 Å². The van der Waals surface area contributed by atoms with E-state index in [-0.39, 0.29) is 0 Å². The van der Waals surface area contributed by atoms with Crippen molar-refractivity contribution in [1.29, 1.82) is 0 Å². The fourth-order valence-corrected chi connectivity index (χ4v) is 3.83. The summed E-state index contributed by atoms with van der Waals surface area (Å²) >= 11 is 0. The summed E-state index contributed by atoms with van der Waals surface area (Å²) in [6.45, 7) is 9.79. The Morgan fingerprint density at radius 2 is 1.76 bits per heavy atom. The van der Waals surface area contributed by atoms with Gasteiger partial charge in [-0.1, -0.05) is 47.0 Å². The van der Waals surface area contributed by atoms with Gasteiger partial charge in [0.1, 0.15) is 0 Å². The minimum Gasteiger partial charge on any atom is -0.310 e. The highest BCUT2D eigenvalue weighted by molar-refractivity contribution is 4.92. The molecule has 1 nitrogen and oxygen atoms in total. The molecule has 100 valence electrons. The highest BCUT2D eigenvalue weighted by Gasteiger charge is 2.35. The lowest BCUT2D eigenvalue weighted by Crippen LogP contribution is -2.51. The van der Waals surface area contributed by atoms with Crippen LogP contribution in [0.15, 0.2) is 0 Å². The zero-order valence-corrected chi connectivity index (χ0v) is 12.3. The van der Waals surface area contributed by atoms with E-state index in [1.165, 1.54) is 44.9 Å². The van der Waals surface area contributed by atoms with Gasteiger partial charge >= 0.3 is 0 Å². The maximum Gasteiger partial charge on any atom is 0.0121 e. The van der Waals surface area contributed by atoms with Crippen molar-refractivity contribution >= 4 is 0 Å². The van der Waals surface area contributed by atoms with Crippen LogP contribution in [0.25, 0.3) is 0 Å². The quantitative estimate of drug-likeness (QED) is 0.752. The summed E-state index contributed by atoms with van der Waals surface area (Å²) in [5, 5.41) is 4.03. The molecular weight excluding hydrogens is 206 g/mol. The molecule has 0 aromatic rings. The third-order valence-corrected chi connectivity index (χ3v) is 5.38. The van der Waals surface area contributed by atoms with Crippen LogP contribution in [0, 0.1) is 17.3 Å². The molecular formula is C16H31N. The minimum absolute atomic E-state index is 0.513. The van der Waals surface area contributed by atoms with Gasteiger partial charge in [-0.05, 0) is 42.9 Å². The van der Waals surface area contributed by atoms with Gasteiger partial charge in [-0.25, -0.2) is 0 Å². The first kappa shape index (κ1) is 13.4. The van der Waals surface area contributed by atoms with E-state index in [1.807, 2.05) is 0 Å². The van der Waals surface area contributed by atoms with E-state index in [1.54, 1.807) is 0 Å². The van der Waals surface area contributed by atoms with E-state index in [2.05, 4.69) is 33.0 Å². The van der Waals surface area contributed by atoms with Crippen LogP contribution in [0.4, 0.5) is 0 Å². The van der Waals surface area contributed by atoms with E-state index >= 15 is 0 Å². The molecule has 0 bridgehead atoms. The lowest BCUT2D eigenvalue weighted by Gasteiger charge is -2.44. The molecule has 2 aliphatic rings. The number of hydrogen-bond acceptors (Lipinski definition) is 1. The standard InChI is InChI=1S/C16H31N/c1-12-8-9-13(2)14(11-12)17-15-7-5-6-10-16(15,3)4/h12-15,17H,5-11H2,1-4H3. The Morgan fingerprint density at radius 3 is 2.47 bits per heavy atom. The maximum atomic E-state index is 4.03. The molecule has 0 amide bonds. The lowest BCUT2D eigenvalue weighted by molar-refractivity contribution is 0.121. The Morgan fingerprint density at radius 1 is 1.00 bits per heavy atom. The maximum absolute atomic E-state index is 4.03. The molecule has 2 rings (SSSR count). The molecule has 0 aromatic heterocycles. The topological polar surface area (TPSA) is 12.0 Å². The van der Waals surface area contributed by atoms with Crippen LogP contribution in [0.3, 0.4) is 0 Å². The molecule has 0 aliphatic heterocycles. The van der Waals surface area contributed by atoms with Crippen molar-refractivity contribution in [3.8, 4) is 0 Å². The number of rotatable bonds is 2. The first-order valence-electron chi connectivity index (χ1n) is 7.75. The minimum atomic E-state index is 0.513. The molecule has 0 heterocycles. The van der Waals surface area contributed by atoms with Crippen molar-refractivity contribution in [2.24, 2.45) is 17.3 Å². The Kier molecular flexibility index (Phi) is 4.18. The van der Waals surface area contributed by atoms with Crippen LogP contribution in [0.5, 0.6) is 0 Å². The van der Waals surface area contributed by atoms with Crippen molar-refractivity contribution in [3.05, 3.63) is 0 Å². The van der Waals surface area contributed by atoms with E-state index < -0.39 is 0 Å². The molecule has 4 unspecified atom stereocenters. The molecule has 2 aliphatic carbocycles. The summed E-state index contributed by atoms with van der Waals surface area (Å²) < 4.78 is 0. The lowest BCUT2D eigenvalue weighted by atomic mass is 9.71. The molecule has 4 atom stereocenters. The van der Waals surface area contributed by atoms with Gasteiger partial charge in [0.05, 0.1) is 0 Å². The fourth-order valence-electron chi connectivity index (χ4n) is 3.83.